The smallest absolute Gasteiger partial charge is 0.335 e. The molecule has 0 spiro atoms. The molecule has 0 aromatic heterocycles. The Morgan fingerprint density at radius 3 is 2.57 bits per heavy atom. The Labute approximate surface area is 164 Å². The number of carbonyl (C=O) groups excluding carboxylic acids is 1. The topological polar surface area (TPSA) is 84.9 Å². The van der Waals surface area contributed by atoms with Crippen molar-refractivity contribution in [1.29, 1.82) is 0 Å². The van der Waals surface area contributed by atoms with Crippen LogP contribution in [-0.4, -0.2) is 30.2 Å². The molecule has 1 saturated carbocycles. The van der Waals surface area contributed by atoms with Gasteiger partial charge in [-0.2, -0.15) is 0 Å². The van der Waals surface area contributed by atoms with E-state index in [1.165, 1.54) is 18.9 Å². The number of methoxy groups -OCH3 is 1. The third-order valence-electron chi connectivity index (χ3n) is 4.94. The van der Waals surface area contributed by atoms with Crippen molar-refractivity contribution < 1.29 is 24.2 Å². The summed E-state index contributed by atoms with van der Waals surface area (Å²) in [6.45, 7) is 0.306. The van der Waals surface area contributed by atoms with Crippen molar-refractivity contribution in [2.75, 3.05) is 7.11 Å². The van der Waals surface area contributed by atoms with Crippen LogP contribution in [0.4, 0.5) is 0 Å². The van der Waals surface area contributed by atoms with E-state index in [1.54, 1.807) is 25.3 Å². The fourth-order valence-corrected chi connectivity index (χ4v) is 3.42. The molecule has 1 aliphatic rings. The number of aromatic carboxylic acids is 1. The predicted molar refractivity (Wildman–Crippen MR) is 105 cm³/mol. The molecule has 1 aliphatic carbocycles. The van der Waals surface area contributed by atoms with Gasteiger partial charge in [0.25, 0.3) is 0 Å². The predicted octanol–water partition coefficient (Wildman–Crippen LogP) is 3.57. The van der Waals surface area contributed by atoms with Crippen LogP contribution in [0.3, 0.4) is 0 Å². The van der Waals surface area contributed by atoms with Crippen molar-refractivity contribution in [3.05, 3.63) is 59.2 Å². The highest BCUT2D eigenvalue weighted by Crippen LogP contribution is 2.30. The van der Waals surface area contributed by atoms with Crippen LogP contribution in [0, 0.1) is 0 Å². The monoisotopic (exact) mass is 383 g/mol. The van der Waals surface area contributed by atoms with Gasteiger partial charge in [0, 0.05) is 18.2 Å². The van der Waals surface area contributed by atoms with E-state index in [2.05, 4.69) is 5.32 Å². The first-order valence-corrected chi connectivity index (χ1v) is 9.48. The summed E-state index contributed by atoms with van der Waals surface area (Å²) in [5.41, 5.74) is 1.50. The Morgan fingerprint density at radius 2 is 1.86 bits per heavy atom. The number of carboxylic acids is 1. The summed E-state index contributed by atoms with van der Waals surface area (Å²) in [5, 5.41) is 12.1. The molecule has 0 unspecified atom stereocenters. The van der Waals surface area contributed by atoms with Crippen molar-refractivity contribution in [2.24, 2.45) is 0 Å². The Hall–Kier alpha value is -3.02. The van der Waals surface area contributed by atoms with Gasteiger partial charge in [0.15, 0.2) is 0 Å². The molecular formula is C22H25NO5. The van der Waals surface area contributed by atoms with Crippen molar-refractivity contribution in [2.45, 2.75) is 44.8 Å². The van der Waals surface area contributed by atoms with Gasteiger partial charge in [0.05, 0.1) is 25.2 Å². The standard InChI is InChI=1S/C22H25NO5/c1-27-18-11-10-16(20(13-18)28-17-7-3-4-8-17)14-23-21(24)12-15-6-2-5-9-19(15)22(25)26/h2,5-6,9-11,13,17H,3-4,7-8,12,14H2,1H3,(H,23,24)(H,25,26). The lowest BCUT2D eigenvalue weighted by Crippen LogP contribution is -2.26. The van der Waals surface area contributed by atoms with Crippen LogP contribution in [0.15, 0.2) is 42.5 Å². The van der Waals surface area contributed by atoms with Gasteiger partial charge in [0.1, 0.15) is 11.5 Å². The quantitative estimate of drug-likeness (QED) is 0.728. The fraction of sp³-hybridized carbons (Fsp3) is 0.364. The maximum absolute atomic E-state index is 12.4. The van der Waals surface area contributed by atoms with Gasteiger partial charge in [-0.05, 0) is 49.4 Å². The highest BCUT2D eigenvalue weighted by atomic mass is 16.5. The SMILES string of the molecule is COc1ccc(CNC(=O)Cc2ccccc2C(=O)O)c(OC2CCCC2)c1. The molecule has 28 heavy (non-hydrogen) atoms. The molecule has 2 N–H and O–H groups in total. The summed E-state index contributed by atoms with van der Waals surface area (Å²) >= 11 is 0. The molecule has 6 nitrogen and oxygen atoms in total. The summed E-state index contributed by atoms with van der Waals surface area (Å²) in [4.78, 5) is 23.7. The zero-order chi connectivity index (χ0) is 19.9. The Kier molecular flexibility index (Phi) is 6.53. The van der Waals surface area contributed by atoms with Crippen molar-refractivity contribution >= 4 is 11.9 Å². The van der Waals surface area contributed by atoms with Crippen LogP contribution in [0.2, 0.25) is 0 Å². The lowest BCUT2D eigenvalue weighted by Gasteiger charge is -2.18. The maximum atomic E-state index is 12.4. The summed E-state index contributed by atoms with van der Waals surface area (Å²) in [5.74, 6) is 0.151. The van der Waals surface area contributed by atoms with Crippen molar-refractivity contribution in [1.82, 2.24) is 5.32 Å². The van der Waals surface area contributed by atoms with Crippen molar-refractivity contribution in [3.63, 3.8) is 0 Å². The van der Waals surface area contributed by atoms with Gasteiger partial charge in [0.2, 0.25) is 5.91 Å². The van der Waals surface area contributed by atoms with Gasteiger partial charge < -0.3 is 19.9 Å². The molecule has 0 aliphatic heterocycles. The fourth-order valence-electron chi connectivity index (χ4n) is 3.42. The minimum Gasteiger partial charge on any atom is -0.497 e. The number of carboxylic acid groups (broad SMARTS) is 1. The third-order valence-corrected chi connectivity index (χ3v) is 4.94. The van der Waals surface area contributed by atoms with E-state index >= 15 is 0 Å². The second-order valence-corrected chi connectivity index (χ2v) is 6.91. The second-order valence-electron chi connectivity index (χ2n) is 6.91. The lowest BCUT2D eigenvalue weighted by atomic mass is 10.0. The van der Waals surface area contributed by atoms with E-state index in [1.807, 2.05) is 18.2 Å². The molecule has 3 rings (SSSR count). The number of amides is 1. The Bertz CT molecular complexity index is 843. The zero-order valence-electron chi connectivity index (χ0n) is 15.9. The normalized spacial score (nSPS) is 13.9. The van der Waals surface area contributed by atoms with Crippen LogP contribution in [0.1, 0.15) is 47.2 Å². The molecule has 0 bridgehead atoms. The van der Waals surface area contributed by atoms with Gasteiger partial charge >= 0.3 is 5.97 Å². The number of ether oxygens (including phenoxy) is 2. The summed E-state index contributed by atoms with van der Waals surface area (Å²) in [6, 6.07) is 12.1. The van der Waals surface area contributed by atoms with Gasteiger partial charge in [-0.3, -0.25) is 4.79 Å². The largest absolute Gasteiger partial charge is 0.497 e. The summed E-state index contributed by atoms with van der Waals surface area (Å²) in [7, 11) is 1.61. The van der Waals surface area contributed by atoms with E-state index in [4.69, 9.17) is 9.47 Å². The first-order valence-electron chi connectivity index (χ1n) is 9.48. The number of hydrogen-bond donors (Lipinski definition) is 2. The molecule has 0 atom stereocenters. The third kappa shape index (κ3) is 5.03. The molecule has 0 radical (unpaired) electrons. The summed E-state index contributed by atoms with van der Waals surface area (Å²) < 4.78 is 11.4. The Balaban J connectivity index is 1.66. The van der Waals surface area contributed by atoms with Crippen LogP contribution in [-0.2, 0) is 17.8 Å². The van der Waals surface area contributed by atoms with E-state index in [-0.39, 0.29) is 24.0 Å². The highest BCUT2D eigenvalue weighted by molar-refractivity contribution is 5.91. The highest BCUT2D eigenvalue weighted by Gasteiger charge is 2.19. The molecule has 1 amide bonds. The molecular weight excluding hydrogens is 358 g/mol. The number of rotatable bonds is 8. The number of carbonyl (C=O) groups is 2. The maximum Gasteiger partial charge on any atom is 0.335 e. The van der Waals surface area contributed by atoms with Crippen LogP contribution in [0.5, 0.6) is 11.5 Å². The van der Waals surface area contributed by atoms with E-state index in [9.17, 15) is 14.7 Å². The minimum absolute atomic E-state index is 0.0114. The lowest BCUT2D eigenvalue weighted by molar-refractivity contribution is -0.120. The molecule has 1 fully saturated rings. The minimum atomic E-state index is -1.04. The molecule has 148 valence electrons. The average molecular weight is 383 g/mol. The first kappa shape index (κ1) is 19.7. The van der Waals surface area contributed by atoms with E-state index in [0.29, 0.717) is 17.9 Å². The second kappa shape index (κ2) is 9.26. The molecule has 2 aromatic carbocycles. The van der Waals surface area contributed by atoms with Crippen LogP contribution in [0.25, 0.3) is 0 Å². The Morgan fingerprint density at radius 1 is 1.11 bits per heavy atom. The van der Waals surface area contributed by atoms with Crippen molar-refractivity contribution in [3.8, 4) is 11.5 Å². The number of hydrogen-bond acceptors (Lipinski definition) is 4. The van der Waals surface area contributed by atoms with E-state index < -0.39 is 5.97 Å². The molecule has 0 heterocycles. The number of benzene rings is 2. The molecule has 0 saturated heterocycles. The van der Waals surface area contributed by atoms with Gasteiger partial charge in [-0.25, -0.2) is 4.79 Å². The van der Waals surface area contributed by atoms with Gasteiger partial charge in [-0.15, -0.1) is 0 Å². The molecule has 2 aromatic rings. The van der Waals surface area contributed by atoms with Crippen LogP contribution >= 0.6 is 0 Å². The average Bonchev–Trinajstić information content (AvgIpc) is 3.20. The van der Waals surface area contributed by atoms with Crippen LogP contribution < -0.4 is 14.8 Å². The molecule has 6 heteroatoms. The first-order chi connectivity index (χ1) is 13.6. The van der Waals surface area contributed by atoms with Gasteiger partial charge in [-0.1, -0.05) is 18.2 Å². The summed E-state index contributed by atoms with van der Waals surface area (Å²) in [6.07, 6.45) is 4.62. The zero-order valence-corrected chi connectivity index (χ0v) is 15.9. The van der Waals surface area contributed by atoms with E-state index in [0.717, 1.165) is 24.2 Å². The number of nitrogens with one attached hydrogen (secondary N) is 1.